The van der Waals surface area contributed by atoms with Crippen molar-refractivity contribution in [2.24, 2.45) is 0 Å². The summed E-state index contributed by atoms with van der Waals surface area (Å²) in [6.07, 6.45) is 73.7. The Hall–Kier alpha value is -4.54. The molecule has 96 heavy (non-hydrogen) atoms. The van der Waals surface area contributed by atoms with E-state index in [1.807, 2.05) is 18.2 Å². The molecule has 0 amide bonds. The monoisotopic (exact) mass is 1390 g/mol. The number of allylic oxidation sites excluding steroid dienone is 19. The molecule has 0 heterocycles. The molecule has 19 heteroatoms. The predicted octanol–water partition coefficient (Wildman–Crippen LogP) is 20.8. The number of carbonyl (C=O) groups excluding carboxylic acids is 4. The number of phosphoric ester groups is 2. The molecule has 0 aromatic heterocycles. The first-order valence-corrected chi connectivity index (χ1v) is 39.8. The lowest BCUT2D eigenvalue weighted by atomic mass is 10.1. The number of esters is 4. The van der Waals surface area contributed by atoms with Crippen LogP contribution in [0.15, 0.2) is 122 Å². The van der Waals surface area contributed by atoms with Crippen LogP contribution in [0.25, 0.3) is 0 Å². The summed E-state index contributed by atoms with van der Waals surface area (Å²) in [6.45, 7) is 4.45. The summed E-state index contributed by atoms with van der Waals surface area (Å²) in [5.74, 6) is -2.37. The molecule has 0 radical (unpaired) electrons. The highest BCUT2D eigenvalue weighted by Crippen LogP contribution is 2.45. The van der Waals surface area contributed by atoms with E-state index in [2.05, 4.69) is 125 Å². The van der Waals surface area contributed by atoms with Gasteiger partial charge in [0, 0.05) is 19.3 Å². The predicted molar refractivity (Wildman–Crippen MR) is 390 cm³/mol. The molecule has 17 nitrogen and oxygen atoms in total. The van der Waals surface area contributed by atoms with Crippen LogP contribution in [-0.2, 0) is 65.4 Å². The topological polar surface area (TPSA) is 237 Å². The van der Waals surface area contributed by atoms with Crippen LogP contribution in [0, 0.1) is 0 Å². The highest BCUT2D eigenvalue weighted by Gasteiger charge is 2.30. The highest BCUT2D eigenvalue weighted by atomic mass is 31.2. The zero-order valence-electron chi connectivity index (χ0n) is 59.8. The molecule has 3 N–H and O–H groups in total. The van der Waals surface area contributed by atoms with E-state index >= 15 is 0 Å². The lowest BCUT2D eigenvalue weighted by Crippen LogP contribution is -2.30. The second kappa shape index (κ2) is 69.0. The van der Waals surface area contributed by atoms with Gasteiger partial charge in [0.1, 0.15) is 19.3 Å². The van der Waals surface area contributed by atoms with Crippen LogP contribution >= 0.6 is 15.6 Å². The second-order valence-electron chi connectivity index (χ2n) is 24.2. The Bertz CT molecular complexity index is 2300. The number of rotatable bonds is 68. The van der Waals surface area contributed by atoms with E-state index in [4.69, 9.17) is 37.0 Å². The Kier molecular flexibility index (Phi) is 65.7. The molecular weight excluding hydrogens is 1260 g/mol. The zero-order valence-corrected chi connectivity index (χ0v) is 61.5. The van der Waals surface area contributed by atoms with E-state index in [0.29, 0.717) is 25.7 Å². The van der Waals surface area contributed by atoms with Crippen molar-refractivity contribution in [2.75, 3.05) is 39.6 Å². The summed E-state index contributed by atoms with van der Waals surface area (Å²) in [5.41, 5.74) is 0. The van der Waals surface area contributed by atoms with Gasteiger partial charge in [-0.05, 0) is 128 Å². The van der Waals surface area contributed by atoms with Crippen molar-refractivity contribution in [3.05, 3.63) is 122 Å². The van der Waals surface area contributed by atoms with Gasteiger partial charge in [-0.1, -0.05) is 252 Å². The minimum Gasteiger partial charge on any atom is -0.462 e. The third-order valence-corrected chi connectivity index (χ3v) is 16.8. The van der Waals surface area contributed by atoms with Gasteiger partial charge in [-0.15, -0.1) is 0 Å². The van der Waals surface area contributed by atoms with Gasteiger partial charge in [-0.3, -0.25) is 37.3 Å². The summed E-state index contributed by atoms with van der Waals surface area (Å²) in [7, 11) is -9.98. The van der Waals surface area contributed by atoms with Crippen LogP contribution in [0.5, 0.6) is 0 Å². The fourth-order valence-electron chi connectivity index (χ4n) is 9.30. The third-order valence-electron chi connectivity index (χ3n) is 14.9. The molecule has 0 saturated carbocycles. The molecule has 0 bridgehead atoms. The fourth-order valence-corrected chi connectivity index (χ4v) is 10.9. The van der Waals surface area contributed by atoms with Crippen LogP contribution in [0.2, 0.25) is 0 Å². The summed E-state index contributed by atoms with van der Waals surface area (Å²) < 4.78 is 68.2. The van der Waals surface area contributed by atoms with Gasteiger partial charge in [-0.25, -0.2) is 9.13 Å². The number of hydrogen-bond donors (Lipinski definition) is 3. The van der Waals surface area contributed by atoms with Gasteiger partial charge < -0.3 is 33.8 Å². The van der Waals surface area contributed by atoms with Gasteiger partial charge >= 0.3 is 39.5 Å². The Labute approximate surface area is 581 Å². The van der Waals surface area contributed by atoms with Crippen molar-refractivity contribution in [3.63, 3.8) is 0 Å². The number of ether oxygens (including phenoxy) is 4. The van der Waals surface area contributed by atoms with Crippen LogP contribution in [0.4, 0.5) is 0 Å². The molecule has 0 saturated heterocycles. The van der Waals surface area contributed by atoms with Crippen molar-refractivity contribution in [1.82, 2.24) is 0 Å². The van der Waals surface area contributed by atoms with Gasteiger partial charge in [-0.2, -0.15) is 0 Å². The van der Waals surface area contributed by atoms with Gasteiger partial charge in [0.2, 0.25) is 0 Å². The largest absolute Gasteiger partial charge is 0.472 e. The summed E-state index contributed by atoms with van der Waals surface area (Å²) >= 11 is 0. The average Bonchev–Trinajstić information content (AvgIpc) is 1.14. The number of hydrogen-bond acceptors (Lipinski definition) is 15. The quantitative estimate of drug-likeness (QED) is 0.0169. The van der Waals surface area contributed by atoms with E-state index in [1.54, 1.807) is 6.08 Å². The van der Waals surface area contributed by atoms with E-state index < -0.39 is 97.5 Å². The first kappa shape index (κ1) is 91.5. The third kappa shape index (κ3) is 68.0. The molecule has 0 fully saturated rings. The Morgan fingerprint density at radius 1 is 0.312 bits per heavy atom. The molecule has 0 aliphatic rings. The molecule has 0 aliphatic carbocycles. The molecule has 5 atom stereocenters. The Morgan fingerprint density at radius 2 is 0.604 bits per heavy atom. The van der Waals surface area contributed by atoms with Gasteiger partial charge in [0.05, 0.1) is 32.8 Å². The molecule has 0 aliphatic heterocycles. The molecule has 0 aromatic carbocycles. The first-order valence-electron chi connectivity index (χ1n) is 36.8. The number of aliphatic hydroxyl groups is 1. The average molecular weight is 1390 g/mol. The minimum atomic E-state index is -5.00. The normalized spacial score (nSPS) is 14.7. The maximum Gasteiger partial charge on any atom is 0.472 e. The van der Waals surface area contributed by atoms with Crippen molar-refractivity contribution in [1.29, 1.82) is 0 Å². The Balaban J connectivity index is 5.43. The standard InChI is InChI=1S/C77H130O17P2/c1-5-9-13-17-21-25-29-33-35-39-41-45-49-53-57-61-74(79)87-67-72(93-76(81)63-59-55-51-47-43-37-31-27-23-19-15-11-7-3)69-91-95(83,84)89-65-71(78)66-90-96(85,86)92-70-73(94-77(82)64-60-56-52-48-44-38-32-28-24-20-16-12-8-4)68-88-75(80)62-58-54-50-46-42-40-36-34-30-26-22-18-14-10-6-2/h9,13,15-16,19-21,25,27-28,31-36,41,45,53,57,71-73,78H,5-8,10-12,14,17-18,22-24,26,29-30,37-40,42-44,46-52,54-56,58-70H2,1-4H3,(H,83,84)(H,85,86)/b13-9-,19-15-,20-16-,25-21-,31-27-,32-28-,35-33-,36-34-,45-41-,57-53-. The van der Waals surface area contributed by atoms with E-state index in [-0.39, 0.29) is 25.7 Å². The Morgan fingerprint density at radius 3 is 0.979 bits per heavy atom. The first-order chi connectivity index (χ1) is 46.7. The van der Waals surface area contributed by atoms with Crippen molar-refractivity contribution >= 4 is 39.5 Å². The number of aliphatic hydroxyl groups excluding tert-OH is 1. The van der Waals surface area contributed by atoms with Crippen molar-refractivity contribution in [3.8, 4) is 0 Å². The van der Waals surface area contributed by atoms with Crippen LogP contribution in [0.3, 0.4) is 0 Å². The molecule has 0 spiro atoms. The van der Waals surface area contributed by atoms with Crippen LogP contribution in [-0.4, -0.2) is 96.7 Å². The van der Waals surface area contributed by atoms with Crippen LogP contribution < -0.4 is 0 Å². The van der Waals surface area contributed by atoms with E-state index in [9.17, 15) is 43.2 Å². The molecule has 550 valence electrons. The van der Waals surface area contributed by atoms with Gasteiger partial charge in [0.25, 0.3) is 0 Å². The fraction of sp³-hybridized carbons (Fsp3) is 0.688. The second-order valence-corrected chi connectivity index (χ2v) is 27.1. The van der Waals surface area contributed by atoms with Crippen molar-refractivity contribution in [2.45, 2.75) is 303 Å². The van der Waals surface area contributed by atoms with Gasteiger partial charge in [0.15, 0.2) is 12.2 Å². The van der Waals surface area contributed by atoms with Crippen LogP contribution in [0.1, 0.15) is 285 Å². The minimum absolute atomic E-state index is 0.0564. The van der Waals surface area contributed by atoms with E-state index in [1.165, 1.54) is 38.5 Å². The lowest BCUT2D eigenvalue weighted by Gasteiger charge is -2.21. The smallest absolute Gasteiger partial charge is 0.462 e. The summed E-state index contributed by atoms with van der Waals surface area (Å²) in [6, 6.07) is 0. The van der Waals surface area contributed by atoms with Crippen molar-refractivity contribution < 1.29 is 80.2 Å². The molecule has 0 aromatic rings. The number of carbonyl (C=O) groups is 4. The molecule has 5 unspecified atom stereocenters. The SMILES string of the molecule is CC/C=C\C/C=C\C/C=C\C/C=C\C/C=C\CC(=O)OCC(COP(=O)(O)OCC(O)COP(=O)(O)OCC(COC(=O)CCCCCCC/C=C\CCCCCCCC)OC(=O)CCCCCCC/C=C\C/C=C\CCC)OC(=O)CCCCCCC/C=C\C/C=C\CCC. The van der Waals surface area contributed by atoms with E-state index in [0.717, 1.165) is 167 Å². The lowest BCUT2D eigenvalue weighted by molar-refractivity contribution is -0.161. The molecule has 0 rings (SSSR count). The number of phosphoric acid groups is 2. The molecular formula is C77H130O17P2. The highest BCUT2D eigenvalue weighted by molar-refractivity contribution is 7.47. The zero-order chi connectivity index (χ0) is 70.4. The maximum atomic E-state index is 13.0. The maximum absolute atomic E-state index is 13.0. The summed E-state index contributed by atoms with van der Waals surface area (Å²) in [4.78, 5) is 72.6. The summed E-state index contributed by atoms with van der Waals surface area (Å²) in [5, 5.41) is 10.6. The number of unbranched alkanes of at least 4 members (excludes halogenated alkanes) is 23.